The Labute approximate surface area is 130 Å². The summed E-state index contributed by atoms with van der Waals surface area (Å²) in [5.41, 5.74) is 0.851. The summed E-state index contributed by atoms with van der Waals surface area (Å²) < 4.78 is 0. The van der Waals surface area contributed by atoms with Crippen molar-refractivity contribution >= 4 is 34.5 Å². The van der Waals surface area contributed by atoms with E-state index in [1.807, 2.05) is 0 Å². The molecule has 6 heteroatoms. The maximum atomic E-state index is 12.0. The van der Waals surface area contributed by atoms with Gasteiger partial charge in [-0.2, -0.15) is 0 Å². The minimum atomic E-state index is -0.461. The zero-order valence-electron chi connectivity index (χ0n) is 11.2. The molecule has 5 nitrogen and oxygen atoms in total. The molecule has 110 valence electrons. The number of phenols is 1. The third kappa shape index (κ3) is 2.66. The molecule has 0 bridgehead atoms. The molecule has 0 spiro atoms. The van der Waals surface area contributed by atoms with Gasteiger partial charge in [0.05, 0.1) is 16.6 Å². The highest BCUT2D eigenvalue weighted by Crippen LogP contribution is 2.23. The Bertz CT molecular complexity index is 948. The number of fused-ring (bicyclic) bond motifs is 1. The number of aliphatic hydroxyl groups excluding tert-OH is 1. The summed E-state index contributed by atoms with van der Waals surface area (Å²) in [6.07, 6.45) is 1.21. The van der Waals surface area contributed by atoms with Gasteiger partial charge in [0.25, 0.3) is 5.56 Å². The first kappa shape index (κ1) is 14.2. The van der Waals surface area contributed by atoms with Gasteiger partial charge in [-0.05, 0) is 30.3 Å². The Morgan fingerprint density at radius 3 is 2.77 bits per heavy atom. The van der Waals surface area contributed by atoms with Crippen LogP contribution in [0.25, 0.3) is 22.9 Å². The number of phenolic OH excluding ortho intramolecular Hbond substituents is 1. The molecule has 0 aliphatic heterocycles. The van der Waals surface area contributed by atoms with Crippen molar-refractivity contribution in [2.24, 2.45) is 0 Å². The van der Waals surface area contributed by atoms with Gasteiger partial charge >= 0.3 is 0 Å². The molecule has 1 heterocycles. The van der Waals surface area contributed by atoms with Gasteiger partial charge in [0.2, 0.25) is 0 Å². The summed E-state index contributed by atoms with van der Waals surface area (Å²) in [5, 5.41) is 20.3. The standard InChI is InChI=1S/C16H11ClN2O3/c17-9-5-6-11-12(7-9)19-16(22)13(18-11)8-15(21)10-3-1-2-4-14(10)20/h1-8,20-21H,(H,19,22)/b15-8-. The van der Waals surface area contributed by atoms with Crippen molar-refractivity contribution in [3.8, 4) is 5.75 Å². The van der Waals surface area contributed by atoms with Gasteiger partial charge in [0.1, 0.15) is 17.2 Å². The van der Waals surface area contributed by atoms with Crippen molar-refractivity contribution < 1.29 is 10.2 Å². The lowest BCUT2D eigenvalue weighted by molar-refractivity contribution is 0.461. The number of aromatic nitrogens is 2. The SMILES string of the molecule is O=c1[nH]c2cc(Cl)ccc2nc1/C=C(\O)c1ccccc1O. The number of aromatic amines is 1. The second-order valence-electron chi connectivity index (χ2n) is 4.66. The Balaban J connectivity index is 2.12. The number of aromatic hydroxyl groups is 1. The van der Waals surface area contributed by atoms with Gasteiger partial charge in [-0.25, -0.2) is 4.98 Å². The number of nitrogens with one attached hydrogen (secondary N) is 1. The maximum Gasteiger partial charge on any atom is 0.274 e. The van der Waals surface area contributed by atoms with Gasteiger partial charge in [-0.15, -0.1) is 0 Å². The highest BCUT2D eigenvalue weighted by Gasteiger charge is 2.08. The van der Waals surface area contributed by atoms with Crippen LogP contribution < -0.4 is 5.56 Å². The number of benzene rings is 2. The third-order valence-electron chi connectivity index (χ3n) is 3.13. The maximum absolute atomic E-state index is 12.0. The molecule has 0 saturated heterocycles. The lowest BCUT2D eigenvalue weighted by Gasteiger charge is -2.04. The van der Waals surface area contributed by atoms with E-state index >= 15 is 0 Å². The number of hydrogen-bond donors (Lipinski definition) is 3. The molecule has 3 N–H and O–H groups in total. The number of nitrogens with zero attached hydrogens (tertiary/aromatic N) is 1. The zero-order chi connectivity index (χ0) is 15.7. The van der Waals surface area contributed by atoms with E-state index in [4.69, 9.17) is 11.6 Å². The molecule has 0 amide bonds. The molecule has 1 aromatic heterocycles. The molecule has 0 radical (unpaired) electrons. The first-order valence-corrected chi connectivity index (χ1v) is 6.81. The summed E-state index contributed by atoms with van der Waals surface area (Å²) in [7, 11) is 0. The Hall–Kier alpha value is -2.79. The lowest BCUT2D eigenvalue weighted by Crippen LogP contribution is -2.12. The average Bonchev–Trinajstić information content (AvgIpc) is 2.48. The van der Waals surface area contributed by atoms with Gasteiger partial charge in [0.15, 0.2) is 0 Å². The predicted octanol–water partition coefficient (Wildman–Crippen LogP) is 3.34. The van der Waals surface area contributed by atoms with E-state index < -0.39 is 5.56 Å². The van der Waals surface area contributed by atoms with Crippen molar-refractivity contribution in [2.45, 2.75) is 0 Å². The molecule has 0 fully saturated rings. The van der Waals surface area contributed by atoms with Crippen LogP contribution in [0.4, 0.5) is 0 Å². The van der Waals surface area contributed by atoms with E-state index in [-0.39, 0.29) is 22.8 Å². The van der Waals surface area contributed by atoms with Crippen molar-refractivity contribution in [2.75, 3.05) is 0 Å². The molecule has 0 atom stereocenters. The smallest absolute Gasteiger partial charge is 0.274 e. The van der Waals surface area contributed by atoms with Crippen molar-refractivity contribution in [3.05, 3.63) is 69.1 Å². The first-order chi connectivity index (χ1) is 10.5. The summed E-state index contributed by atoms with van der Waals surface area (Å²) >= 11 is 5.86. The molecule has 3 rings (SSSR count). The fourth-order valence-electron chi connectivity index (χ4n) is 2.07. The van der Waals surface area contributed by atoms with Crippen LogP contribution in [0.3, 0.4) is 0 Å². The van der Waals surface area contributed by atoms with Crippen LogP contribution in [0.1, 0.15) is 11.3 Å². The first-order valence-electron chi connectivity index (χ1n) is 6.43. The Kier molecular flexibility index (Phi) is 3.56. The van der Waals surface area contributed by atoms with Gasteiger partial charge in [-0.3, -0.25) is 4.79 Å². The minimum Gasteiger partial charge on any atom is -0.507 e. The third-order valence-corrected chi connectivity index (χ3v) is 3.37. The molecule has 0 aliphatic carbocycles. The molecule has 2 aromatic carbocycles. The highest BCUT2D eigenvalue weighted by molar-refractivity contribution is 6.31. The van der Waals surface area contributed by atoms with Gasteiger partial charge in [0, 0.05) is 11.1 Å². The molecule has 0 aliphatic rings. The van der Waals surface area contributed by atoms with Crippen LogP contribution in [0.5, 0.6) is 5.75 Å². The molecule has 22 heavy (non-hydrogen) atoms. The van der Waals surface area contributed by atoms with Crippen LogP contribution in [-0.2, 0) is 0 Å². The average molecular weight is 315 g/mol. The van der Waals surface area contributed by atoms with E-state index in [1.165, 1.54) is 18.2 Å². The lowest BCUT2D eigenvalue weighted by atomic mass is 10.1. The van der Waals surface area contributed by atoms with Crippen molar-refractivity contribution in [1.82, 2.24) is 9.97 Å². The topological polar surface area (TPSA) is 86.2 Å². The Morgan fingerprint density at radius 2 is 2.00 bits per heavy atom. The number of halogens is 1. The van der Waals surface area contributed by atoms with Crippen LogP contribution >= 0.6 is 11.6 Å². The normalized spacial score (nSPS) is 11.8. The van der Waals surface area contributed by atoms with Crippen LogP contribution in [-0.4, -0.2) is 20.2 Å². The zero-order valence-corrected chi connectivity index (χ0v) is 12.0. The van der Waals surface area contributed by atoms with E-state index in [9.17, 15) is 15.0 Å². The van der Waals surface area contributed by atoms with Crippen molar-refractivity contribution in [3.63, 3.8) is 0 Å². The summed E-state index contributed by atoms with van der Waals surface area (Å²) in [4.78, 5) is 18.9. The van der Waals surface area contributed by atoms with Crippen LogP contribution in [0.15, 0.2) is 47.3 Å². The molecule has 3 aromatic rings. The second-order valence-corrected chi connectivity index (χ2v) is 5.10. The molecule has 0 saturated carbocycles. The largest absolute Gasteiger partial charge is 0.507 e. The fourth-order valence-corrected chi connectivity index (χ4v) is 2.24. The fraction of sp³-hybridized carbons (Fsp3) is 0. The van der Waals surface area contributed by atoms with E-state index in [2.05, 4.69) is 9.97 Å². The van der Waals surface area contributed by atoms with Crippen LogP contribution in [0, 0.1) is 0 Å². The predicted molar refractivity (Wildman–Crippen MR) is 86.0 cm³/mol. The number of rotatable bonds is 2. The highest BCUT2D eigenvalue weighted by atomic mass is 35.5. The number of para-hydroxylation sites is 1. The number of hydrogen-bond acceptors (Lipinski definition) is 4. The van der Waals surface area contributed by atoms with Gasteiger partial charge < -0.3 is 15.2 Å². The summed E-state index contributed by atoms with van der Waals surface area (Å²) in [6.45, 7) is 0. The van der Waals surface area contributed by atoms with Gasteiger partial charge in [-0.1, -0.05) is 23.7 Å². The molecular formula is C16H11ClN2O3. The number of H-pyrrole nitrogens is 1. The summed E-state index contributed by atoms with van der Waals surface area (Å²) in [5.74, 6) is -0.329. The summed E-state index contributed by atoms with van der Waals surface area (Å²) in [6, 6.07) is 11.2. The number of aliphatic hydroxyl groups is 1. The minimum absolute atomic E-state index is 0.0376. The van der Waals surface area contributed by atoms with E-state index in [0.717, 1.165) is 0 Å². The second kappa shape index (κ2) is 5.54. The van der Waals surface area contributed by atoms with Crippen molar-refractivity contribution in [1.29, 1.82) is 0 Å². The molecule has 0 unspecified atom stereocenters. The monoisotopic (exact) mass is 314 g/mol. The Morgan fingerprint density at radius 1 is 1.23 bits per heavy atom. The van der Waals surface area contributed by atoms with E-state index in [1.54, 1.807) is 30.3 Å². The molecular weight excluding hydrogens is 304 g/mol. The quantitative estimate of drug-likeness (QED) is 0.633. The van der Waals surface area contributed by atoms with Crippen LogP contribution in [0.2, 0.25) is 5.02 Å². The van der Waals surface area contributed by atoms with E-state index in [0.29, 0.717) is 16.1 Å².